The van der Waals surface area contributed by atoms with Crippen molar-refractivity contribution >= 4 is 11.3 Å². The lowest BCUT2D eigenvalue weighted by molar-refractivity contribution is 0.396. The molecule has 0 radical (unpaired) electrons. The first-order chi connectivity index (χ1) is 9.97. The topological polar surface area (TPSA) is 24.9 Å². The number of aryl methyl sites for hydroxylation is 2. The molecule has 0 saturated carbocycles. The van der Waals surface area contributed by atoms with Gasteiger partial charge in [-0.25, -0.2) is 4.98 Å². The van der Waals surface area contributed by atoms with Crippen molar-refractivity contribution in [3.05, 3.63) is 51.5 Å². The van der Waals surface area contributed by atoms with Gasteiger partial charge in [-0.1, -0.05) is 44.2 Å². The second-order valence-electron chi connectivity index (χ2n) is 6.16. The van der Waals surface area contributed by atoms with Crippen LogP contribution in [0.4, 0.5) is 0 Å². The molecule has 0 amide bonds. The molecule has 0 fully saturated rings. The maximum Gasteiger partial charge on any atom is 0.0900 e. The van der Waals surface area contributed by atoms with Gasteiger partial charge in [0.1, 0.15) is 0 Å². The molecule has 2 nitrogen and oxygen atoms in total. The Bertz CT molecular complexity index is 560. The summed E-state index contributed by atoms with van der Waals surface area (Å²) in [5.74, 6) is 0.666. The van der Waals surface area contributed by atoms with Crippen LogP contribution in [0.2, 0.25) is 0 Å². The molecule has 2 rings (SSSR count). The molecule has 1 N–H and O–H groups in total. The molecule has 0 aliphatic carbocycles. The molecule has 2 unspecified atom stereocenters. The smallest absolute Gasteiger partial charge is 0.0900 e. The Morgan fingerprint density at radius 3 is 2.29 bits per heavy atom. The minimum absolute atomic E-state index is 0.333. The number of rotatable bonds is 6. The zero-order chi connectivity index (χ0) is 15.4. The highest BCUT2D eigenvalue weighted by atomic mass is 32.1. The van der Waals surface area contributed by atoms with Crippen LogP contribution in [0, 0.1) is 19.8 Å². The van der Waals surface area contributed by atoms with E-state index in [-0.39, 0.29) is 0 Å². The average molecular weight is 302 g/mol. The average Bonchev–Trinajstić information content (AvgIpc) is 2.77. The molecule has 2 atom stereocenters. The molecule has 0 bridgehead atoms. The number of benzene rings is 1. The summed E-state index contributed by atoms with van der Waals surface area (Å²) in [6.45, 7) is 11.0. The summed E-state index contributed by atoms with van der Waals surface area (Å²) in [4.78, 5) is 5.91. The minimum atomic E-state index is 0.333. The van der Waals surface area contributed by atoms with Crippen LogP contribution in [-0.2, 0) is 0 Å². The normalized spacial score (nSPS) is 14.4. The summed E-state index contributed by atoms with van der Waals surface area (Å²) in [5, 5.41) is 4.95. The van der Waals surface area contributed by atoms with E-state index in [2.05, 4.69) is 75.3 Å². The Labute approximate surface area is 132 Å². The van der Waals surface area contributed by atoms with E-state index in [1.165, 1.54) is 10.4 Å². The van der Waals surface area contributed by atoms with E-state index in [1.807, 2.05) is 0 Å². The van der Waals surface area contributed by atoms with Gasteiger partial charge in [-0.2, -0.15) is 0 Å². The van der Waals surface area contributed by atoms with Crippen molar-refractivity contribution in [1.82, 2.24) is 10.3 Å². The summed E-state index contributed by atoms with van der Waals surface area (Å²) < 4.78 is 0. The monoisotopic (exact) mass is 302 g/mol. The summed E-state index contributed by atoms with van der Waals surface area (Å²) in [6, 6.07) is 11.5. The van der Waals surface area contributed by atoms with Crippen LogP contribution in [0.25, 0.3) is 0 Å². The van der Waals surface area contributed by atoms with Crippen molar-refractivity contribution in [3.63, 3.8) is 0 Å². The highest BCUT2D eigenvalue weighted by Gasteiger charge is 2.19. The molecule has 114 valence electrons. The number of nitrogens with zero attached hydrogens (tertiary/aromatic N) is 1. The van der Waals surface area contributed by atoms with Gasteiger partial charge in [0.15, 0.2) is 0 Å². The molecular weight excluding hydrogens is 276 g/mol. The van der Waals surface area contributed by atoms with Crippen molar-refractivity contribution in [2.75, 3.05) is 0 Å². The highest BCUT2D eigenvalue weighted by molar-refractivity contribution is 7.11. The zero-order valence-electron chi connectivity index (χ0n) is 13.7. The number of hydrogen-bond acceptors (Lipinski definition) is 3. The second-order valence-corrected chi connectivity index (χ2v) is 7.40. The summed E-state index contributed by atoms with van der Waals surface area (Å²) >= 11 is 1.80. The predicted octanol–water partition coefficient (Wildman–Crippen LogP) is 5.20. The highest BCUT2D eigenvalue weighted by Crippen LogP contribution is 2.29. The van der Waals surface area contributed by atoms with Gasteiger partial charge in [-0.15, -0.1) is 11.3 Å². The van der Waals surface area contributed by atoms with Crippen LogP contribution in [0.3, 0.4) is 0 Å². The van der Waals surface area contributed by atoms with E-state index in [0.717, 1.165) is 17.1 Å². The van der Waals surface area contributed by atoms with Crippen LogP contribution in [0.1, 0.15) is 60.4 Å². The lowest BCUT2D eigenvalue weighted by Crippen LogP contribution is -2.25. The standard InChI is InChI=1S/C18H26N2S/c1-12(2)11-17(16-9-7-6-8-10-16)20-14(4)18-13(3)19-15(5)21-18/h6-10,12,14,17,20H,11H2,1-5H3. The molecular formula is C18H26N2S. The number of nitrogens with one attached hydrogen (secondary N) is 1. The maximum absolute atomic E-state index is 4.55. The molecule has 0 aliphatic rings. The Balaban J connectivity index is 2.17. The van der Waals surface area contributed by atoms with Crippen molar-refractivity contribution in [2.24, 2.45) is 5.92 Å². The van der Waals surface area contributed by atoms with Crippen molar-refractivity contribution in [2.45, 2.75) is 53.1 Å². The van der Waals surface area contributed by atoms with Crippen LogP contribution < -0.4 is 5.32 Å². The molecule has 0 spiro atoms. The second kappa shape index (κ2) is 7.19. The van der Waals surface area contributed by atoms with Gasteiger partial charge in [0.25, 0.3) is 0 Å². The maximum atomic E-state index is 4.55. The third-order valence-electron chi connectivity index (χ3n) is 3.69. The van der Waals surface area contributed by atoms with Gasteiger partial charge in [0.2, 0.25) is 0 Å². The first-order valence-corrected chi connectivity index (χ1v) is 8.54. The van der Waals surface area contributed by atoms with E-state index < -0.39 is 0 Å². The molecule has 2 aromatic rings. The zero-order valence-corrected chi connectivity index (χ0v) is 14.5. The Hall–Kier alpha value is -1.19. The van der Waals surface area contributed by atoms with Gasteiger partial charge in [-0.3, -0.25) is 0 Å². The van der Waals surface area contributed by atoms with Crippen molar-refractivity contribution < 1.29 is 0 Å². The summed E-state index contributed by atoms with van der Waals surface area (Å²) in [5.41, 5.74) is 2.53. The van der Waals surface area contributed by atoms with Crippen LogP contribution >= 0.6 is 11.3 Å². The van der Waals surface area contributed by atoms with E-state index in [1.54, 1.807) is 11.3 Å². The number of thiazole rings is 1. The third kappa shape index (κ3) is 4.39. The largest absolute Gasteiger partial charge is 0.303 e. The summed E-state index contributed by atoms with van der Waals surface area (Å²) in [6.07, 6.45) is 1.14. The van der Waals surface area contributed by atoms with Crippen molar-refractivity contribution in [1.29, 1.82) is 0 Å². The van der Waals surface area contributed by atoms with Crippen LogP contribution in [-0.4, -0.2) is 4.98 Å². The number of hydrogen-bond donors (Lipinski definition) is 1. The van der Waals surface area contributed by atoms with E-state index in [0.29, 0.717) is 18.0 Å². The minimum Gasteiger partial charge on any atom is -0.303 e. The van der Waals surface area contributed by atoms with Crippen molar-refractivity contribution in [3.8, 4) is 0 Å². The SMILES string of the molecule is Cc1nc(C)c(C(C)NC(CC(C)C)c2ccccc2)s1. The van der Waals surface area contributed by atoms with Gasteiger partial charge >= 0.3 is 0 Å². The molecule has 1 heterocycles. The fourth-order valence-corrected chi connectivity index (χ4v) is 3.72. The molecule has 0 saturated heterocycles. The lowest BCUT2D eigenvalue weighted by Gasteiger charge is -2.25. The Kier molecular flexibility index (Phi) is 5.54. The lowest BCUT2D eigenvalue weighted by atomic mass is 9.96. The predicted molar refractivity (Wildman–Crippen MR) is 91.8 cm³/mol. The Morgan fingerprint density at radius 1 is 1.10 bits per heavy atom. The van der Waals surface area contributed by atoms with E-state index >= 15 is 0 Å². The molecule has 1 aromatic heterocycles. The van der Waals surface area contributed by atoms with E-state index in [4.69, 9.17) is 0 Å². The van der Waals surface area contributed by atoms with Crippen LogP contribution in [0.15, 0.2) is 30.3 Å². The first-order valence-electron chi connectivity index (χ1n) is 7.72. The first kappa shape index (κ1) is 16.2. The molecule has 21 heavy (non-hydrogen) atoms. The molecule has 3 heteroatoms. The van der Waals surface area contributed by atoms with Gasteiger partial charge in [-0.05, 0) is 38.7 Å². The fourth-order valence-electron chi connectivity index (χ4n) is 2.78. The van der Waals surface area contributed by atoms with Gasteiger partial charge in [0, 0.05) is 17.0 Å². The van der Waals surface area contributed by atoms with Gasteiger partial charge < -0.3 is 5.32 Å². The van der Waals surface area contributed by atoms with Gasteiger partial charge in [0.05, 0.1) is 10.7 Å². The molecule has 0 aliphatic heterocycles. The van der Waals surface area contributed by atoms with Crippen LogP contribution in [0.5, 0.6) is 0 Å². The van der Waals surface area contributed by atoms with E-state index in [9.17, 15) is 0 Å². The summed E-state index contributed by atoms with van der Waals surface area (Å²) in [7, 11) is 0. The Morgan fingerprint density at radius 2 is 1.76 bits per heavy atom. The fraction of sp³-hybridized carbons (Fsp3) is 0.500. The third-order valence-corrected chi connectivity index (χ3v) is 4.95. The quantitative estimate of drug-likeness (QED) is 0.793. The number of aromatic nitrogens is 1. The molecule has 1 aromatic carbocycles.